The molecule has 7 heteroatoms. The van der Waals surface area contributed by atoms with Gasteiger partial charge in [0.05, 0.1) is 0 Å². The second-order valence-electron chi connectivity index (χ2n) is 8.23. The van der Waals surface area contributed by atoms with Gasteiger partial charge in [0, 0.05) is 12.7 Å². The summed E-state index contributed by atoms with van der Waals surface area (Å²) >= 11 is 0. The maximum Gasteiger partial charge on any atom is 0.269 e. The first kappa shape index (κ1) is 23.5. The van der Waals surface area contributed by atoms with Crippen molar-refractivity contribution in [2.75, 3.05) is 0 Å². The number of nitrogens with zero attached hydrogens (tertiary/aromatic N) is 3. The van der Waals surface area contributed by atoms with Crippen LogP contribution in [0.3, 0.4) is 0 Å². The number of amides is 1. The van der Waals surface area contributed by atoms with Crippen molar-refractivity contribution in [3.63, 3.8) is 0 Å². The molecular weight excluding hydrogens is 440 g/mol. The van der Waals surface area contributed by atoms with E-state index in [0.717, 1.165) is 22.3 Å². The van der Waals surface area contributed by atoms with Crippen molar-refractivity contribution in [3.8, 4) is 17.7 Å². The van der Waals surface area contributed by atoms with E-state index in [2.05, 4.69) is 10.3 Å². The van der Waals surface area contributed by atoms with Gasteiger partial charge in [0.1, 0.15) is 28.6 Å². The molecule has 0 radical (unpaired) electrons. The van der Waals surface area contributed by atoms with Crippen LogP contribution in [0.15, 0.2) is 77.2 Å². The van der Waals surface area contributed by atoms with Gasteiger partial charge in [-0.1, -0.05) is 54.1 Å². The largest absolute Gasteiger partial charge is 0.438 e. The Morgan fingerprint density at radius 1 is 1.09 bits per heavy atom. The first-order chi connectivity index (χ1) is 16.9. The lowest BCUT2D eigenvalue weighted by Crippen LogP contribution is -2.25. The molecule has 0 saturated heterocycles. The number of benzene rings is 2. The topological polar surface area (TPSA) is 96.5 Å². The summed E-state index contributed by atoms with van der Waals surface area (Å²) in [6.07, 6.45) is 2.83. The predicted octanol–water partition coefficient (Wildman–Crippen LogP) is 4.64. The third-order valence-electron chi connectivity index (χ3n) is 5.54. The van der Waals surface area contributed by atoms with Crippen LogP contribution in [-0.2, 0) is 11.3 Å². The molecule has 0 aliphatic carbocycles. The Morgan fingerprint density at radius 2 is 1.86 bits per heavy atom. The van der Waals surface area contributed by atoms with E-state index < -0.39 is 11.5 Å². The fourth-order valence-electron chi connectivity index (χ4n) is 3.68. The molecule has 0 atom stereocenters. The van der Waals surface area contributed by atoms with Crippen molar-refractivity contribution < 1.29 is 9.53 Å². The Bertz CT molecular complexity index is 1550. The van der Waals surface area contributed by atoms with E-state index in [1.807, 2.05) is 75.4 Å². The number of rotatable bonds is 6. The molecule has 0 spiro atoms. The van der Waals surface area contributed by atoms with Crippen LogP contribution in [0.5, 0.6) is 11.6 Å². The number of nitriles is 1. The van der Waals surface area contributed by atoms with Crippen molar-refractivity contribution in [2.45, 2.75) is 27.3 Å². The van der Waals surface area contributed by atoms with E-state index in [4.69, 9.17) is 4.74 Å². The predicted molar refractivity (Wildman–Crippen MR) is 134 cm³/mol. The van der Waals surface area contributed by atoms with Crippen LogP contribution in [0.1, 0.15) is 27.8 Å². The molecule has 0 fully saturated rings. The van der Waals surface area contributed by atoms with Gasteiger partial charge < -0.3 is 10.1 Å². The zero-order valence-corrected chi connectivity index (χ0v) is 19.7. The highest BCUT2D eigenvalue weighted by molar-refractivity contribution is 6.01. The van der Waals surface area contributed by atoms with Crippen LogP contribution < -0.4 is 15.6 Å². The molecule has 0 aliphatic heterocycles. The van der Waals surface area contributed by atoms with E-state index in [-0.39, 0.29) is 23.6 Å². The smallest absolute Gasteiger partial charge is 0.269 e. The second-order valence-corrected chi connectivity index (χ2v) is 8.23. The Labute approximate surface area is 203 Å². The number of carbonyl (C=O) groups excluding carboxylic acids is 1. The molecule has 2 aromatic heterocycles. The normalized spacial score (nSPS) is 11.2. The fourth-order valence-corrected chi connectivity index (χ4v) is 3.68. The fraction of sp³-hybridized carbons (Fsp3) is 0.143. The molecule has 174 valence electrons. The van der Waals surface area contributed by atoms with Crippen LogP contribution in [0.2, 0.25) is 0 Å². The third-order valence-corrected chi connectivity index (χ3v) is 5.54. The summed E-state index contributed by atoms with van der Waals surface area (Å²) in [4.78, 5) is 30.8. The lowest BCUT2D eigenvalue weighted by molar-refractivity contribution is -0.117. The highest BCUT2D eigenvalue weighted by Gasteiger charge is 2.18. The van der Waals surface area contributed by atoms with Crippen molar-refractivity contribution in [3.05, 3.63) is 111 Å². The van der Waals surface area contributed by atoms with Gasteiger partial charge in [-0.2, -0.15) is 10.2 Å². The van der Waals surface area contributed by atoms with E-state index in [1.165, 1.54) is 10.5 Å². The highest BCUT2D eigenvalue weighted by Crippen LogP contribution is 2.28. The van der Waals surface area contributed by atoms with Crippen molar-refractivity contribution in [2.24, 2.45) is 0 Å². The SMILES string of the molecule is Cc1ccc(Oc2nc3c(C)cccn3c(=O)c2/C=C(\C#N)C(=O)NCc2ccccc2)c(C)c1. The van der Waals surface area contributed by atoms with Crippen LogP contribution in [0, 0.1) is 32.1 Å². The lowest BCUT2D eigenvalue weighted by Gasteiger charge is -2.13. The van der Waals surface area contributed by atoms with Crippen molar-refractivity contribution in [1.29, 1.82) is 5.26 Å². The van der Waals surface area contributed by atoms with Gasteiger partial charge in [0.2, 0.25) is 5.88 Å². The number of fused-ring (bicyclic) bond motifs is 1. The van der Waals surface area contributed by atoms with E-state index in [9.17, 15) is 14.9 Å². The van der Waals surface area contributed by atoms with Crippen LogP contribution >= 0.6 is 0 Å². The van der Waals surface area contributed by atoms with Crippen LogP contribution in [0.25, 0.3) is 11.7 Å². The average Bonchev–Trinajstić information content (AvgIpc) is 2.85. The molecule has 4 rings (SSSR count). The maximum absolute atomic E-state index is 13.4. The molecule has 4 aromatic rings. The standard InChI is InChI=1S/C28H24N4O3/c1-18-11-12-24(20(3)14-18)35-27-23(28(34)32-13-7-8-19(2)25(32)31-27)15-22(16-29)26(33)30-17-21-9-5-4-6-10-21/h4-15H,17H2,1-3H3,(H,30,33)/b22-15+. The summed E-state index contributed by atoms with van der Waals surface area (Å²) in [5.74, 6) is -0.0375. The number of aryl methyl sites for hydroxylation is 3. The number of nitrogens with one attached hydrogen (secondary N) is 1. The molecule has 0 aliphatic rings. The second kappa shape index (κ2) is 10.1. The van der Waals surface area contributed by atoms with Crippen LogP contribution in [0.4, 0.5) is 0 Å². The number of hydrogen-bond acceptors (Lipinski definition) is 5. The first-order valence-electron chi connectivity index (χ1n) is 11.1. The zero-order chi connectivity index (χ0) is 24.9. The van der Waals surface area contributed by atoms with E-state index in [0.29, 0.717) is 11.4 Å². The van der Waals surface area contributed by atoms with Gasteiger partial charge in [0.15, 0.2) is 0 Å². The molecule has 0 bridgehead atoms. The van der Waals surface area contributed by atoms with E-state index in [1.54, 1.807) is 18.3 Å². The summed E-state index contributed by atoms with van der Waals surface area (Å²) in [7, 11) is 0. The minimum atomic E-state index is -0.595. The Morgan fingerprint density at radius 3 is 2.57 bits per heavy atom. The summed E-state index contributed by atoms with van der Waals surface area (Å²) in [5, 5.41) is 12.4. The molecular formula is C28H24N4O3. The molecule has 1 amide bonds. The number of aromatic nitrogens is 2. The third kappa shape index (κ3) is 5.12. The number of carbonyl (C=O) groups is 1. The Hall–Kier alpha value is -4.70. The Kier molecular flexibility index (Phi) is 6.74. The monoisotopic (exact) mass is 464 g/mol. The quantitative estimate of drug-likeness (QED) is 0.331. The summed E-state index contributed by atoms with van der Waals surface area (Å²) in [6.45, 7) is 5.96. The maximum atomic E-state index is 13.4. The molecule has 0 unspecified atom stereocenters. The molecule has 0 saturated carbocycles. The molecule has 35 heavy (non-hydrogen) atoms. The number of pyridine rings is 1. The van der Waals surface area contributed by atoms with Crippen molar-refractivity contribution in [1.82, 2.24) is 14.7 Å². The average molecular weight is 465 g/mol. The molecule has 1 N–H and O–H groups in total. The summed E-state index contributed by atoms with van der Waals surface area (Å²) < 4.78 is 7.47. The summed E-state index contributed by atoms with van der Waals surface area (Å²) in [6, 6.07) is 20.5. The highest BCUT2D eigenvalue weighted by atomic mass is 16.5. The van der Waals surface area contributed by atoms with Gasteiger partial charge >= 0.3 is 0 Å². The number of ether oxygens (including phenoxy) is 1. The molecule has 7 nitrogen and oxygen atoms in total. The lowest BCUT2D eigenvalue weighted by atomic mass is 10.1. The van der Waals surface area contributed by atoms with Crippen LogP contribution in [-0.4, -0.2) is 15.3 Å². The molecule has 2 heterocycles. The number of hydrogen-bond donors (Lipinski definition) is 1. The van der Waals surface area contributed by atoms with Gasteiger partial charge in [-0.3, -0.25) is 14.0 Å². The van der Waals surface area contributed by atoms with Gasteiger partial charge in [-0.25, -0.2) is 0 Å². The Balaban J connectivity index is 1.79. The van der Waals surface area contributed by atoms with Gasteiger partial charge in [0.25, 0.3) is 11.5 Å². The van der Waals surface area contributed by atoms with Gasteiger partial charge in [-0.05, 0) is 55.7 Å². The first-order valence-corrected chi connectivity index (χ1v) is 11.1. The van der Waals surface area contributed by atoms with E-state index >= 15 is 0 Å². The van der Waals surface area contributed by atoms with Crippen molar-refractivity contribution >= 4 is 17.6 Å². The summed E-state index contributed by atoms with van der Waals surface area (Å²) in [5.41, 5.74) is 3.39. The minimum absolute atomic E-state index is 0.0134. The molecule has 2 aromatic carbocycles. The van der Waals surface area contributed by atoms with Gasteiger partial charge in [-0.15, -0.1) is 0 Å². The minimum Gasteiger partial charge on any atom is -0.438 e. The zero-order valence-electron chi connectivity index (χ0n) is 19.7.